The van der Waals surface area contributed by atoms with E-state index < -0.39 is 34.3 Å². The van der Waals surface area contributed by atoms with Crippen LogP contribution < -0.4 is 14.4 Å². The number of ether oxygens (including phenoxy) is 1. The first kappa shape index (κ1) is 29.9. The molecule has 8 nitrogen and oxygen atoms in total. The average molecular weight is 576 g/mol. The molecule has 0 unspecified atom stereocenters. The first-order valence-corrected chi connectivity index (χ1v) is 14.1. The minimum absolute atomic E-state index is 0.0382. The third kappa shape index (κ3) is 7.70. The number of nitrogens with zero attached hydrogens (tertiary/aromatic N) is 2. The fourth-order valence-electron chi connectivity index (χ4n) is 3.78. The molecule has 0 saturated heterocycles. The number of halogens is 2. The highest BCUT2D eigenvalue weighted by molar-refractivity contribution is 7.92. The average Bonchev–Trinajstić information content (AvgIpc) is 2.94. The first-order valence-electron chi connectivity index (χ1n) is 12.3. The normalized spacial score (nSPS) is 11.9. The molecular weight excluding hydrogens is 545 g/mol. The molecule has 0 fully saturated rings. The van der Waals surface area contributed by atoms with Crippen LogP contribution in [0.1, 0.15) is 25.8 Å². The second-order valence-corrected chi connectivity index (χ2v) is 11.1. The zero-order chi connectivity index (χ0) is 28.6. The largest absolute Gasteiger partial charge is 0.497 e. The summed E-state index contributed by atoms with van der Waals surface area (Å²) < 4.78 is 47.2. The van der Waals surface area contributed by atoms with E-state index in [0.29, 0.717) is 29.3 Å². The molecule has 0 bridgehead atoms. The van der Waals surface area contributed by atoms with Gasteiger partial charge in [-0.25, -0.2) is 12.8 Å². The van der Waals surface area contributed by atoms with Gasteiger partial charge in [-0.05, 0) is 79.6 Å². The van der Waals surface area contributed by atoms with Crippen molar-refractivity contribution in [2.45, 2.75) is 37.8 Å². The molecule has 2 amide bonds. The highest BCUT2D eigenvalue weighted by Gasteiger charge is 2.32. The van der Waals surface area contributed by atoms with Gasteiger partial charge in [0.15, 0.2) is 0 Å². The Morgan fingerprint density at radius 3 is 2.18 bits per heavy atom. The maximum absolute atomic E-state index is 13.8. The molecule has 1 atom stereocenters. The molecule has 1 N–H and O–H groups in total. The lowest BCUT2D eigenvalue weighted by atomic mass is 10.1. The van der Waals surface area contributed by atoms with Gasteiger partial charge in [-0.15, -0.1) is 0 Å². The molecule has 0 heterocycles. The quantitative estimate of drug-likeness (QED) is 0.340. The van der Waals surface area contributed by atoms with E-state index >= 15 is 0 Å². The SMILES string of the molecule is CCCNC(=O)[C@@H](C)N(Cc1ccc(Cl)cc1)C(=O)CN(c1ccc(F)cc1)S(=O)(=O)c1ccc(OC)cc1. The predicted octanol–water partition coefficient (Wildman–Crippen LogP) is 4.63. The number of hydrogen-bond donors (Lipinski definition) is 1. The van der Waals surface area contributed by atoms with Crippen LogP contribution in [0.25, 0.3) is 0 Å². The van der Waals surface area contributed by atoms with Gasteiger partial charge in [0.05, 0.1) is 17.7 Å². The van der Waals surface area contributed by atoms with E-state index in [1.165, 1.54) is 48.4 Å². The lowest BCUT2D eigenvalue weighted by molar-refractivity contribution is -0.139. The van der Waals surface area contributed by atoms with Crippen molar-refractivity contribution in [3.63, 3.8) is 0 Å². The van der Waals surface area contributed by atoms with E-state index in [4.69, 9.17) is 16.3 Å². The Labute approximate surface area is 233 Å². The summed E-state index contributed by atoms with van der Waals surface area (Å²) in [5.74, 6) is -1.09. The van der Waals surface area contributed by atoms with Gasteiger partial charge in [0, 0.05) is 18.1 Å². The summed E-state index contributed by atoms with van der Waals surface area (Å²) >= 11 is 6.00. The second-order valence-electron chi connectivity index (χ2n) is 8.78. The third-order valence-corrected chi connectivity index (χ3v) is 8.06. The number of anilines is 1. The smallest absolute Gasteiger partial charge is 0.264 e. The molecule has 3 aromatic carbocycles. The summed E-state index contributed by atoms with van der Waals surface area (Å²) in [5.41, 5.74) is 0.796. The summed E-state index contributed by atoms with van der Waals surface area (Å²) in [7, 11) is -2.81. The molecule has 0 aliphatic heterocycles. The van der Waals surface area contributed by atoms with Crippen molar-refractivity contribution in [3.8, 4) is 5.75 Å². The summed E-state index contributed by atoms with van der Waals surface area (Å²) in [6, 6.07) is 16.4. The van der Waals surface area contributed by atoms with E-state index in [1.807, 2.05) is 6.92 Å². The van der Waals surface area contributed by atoms with Crippen LogP contribution in [0.3, 0.4) is 0 Å². The van der Waals surface area contributed by atoms with Gasteiger partial charge in [-0.3, -0.25) is 13.9 Å². The zero-order valence-corrected chi connectivity index (χ0v) is 23.5. The van der Waals surface area contributed by atoms with Crippen molar-refractivity contribution in [2.75, 3.05) is 24.5 Å². The Kier molecular flexibility index (Phi) is 10.3. The minimum Gasteiger partial charge on any atom is -0.497 e. The van der Waals surface area contributed by atoms with Gasteiger partial charge in [0.25, 0.3) is 10.0 Å². The van der Waals surface area contributed by atoms with Crippen molar-refractivity contribution in [2.24, 2.45) is 0 Å². The maximum atomic E-state index is 13.8. The highest BCUT2D eigenvalue weighted by atomic mass is 35.5. The molecule has 208 valence electrons. The summed E-state index contributed by atoms with van der Waals surface area (Å²) in [4.78, 5) is 27.9. The topological polar surface area (TPSA) is 96.0 Å². The number of hydrogen-bond acceptors (Lipinski definition) is 5. The van der Waals surface area contributed by atoms with Gasteiger partial charge >= 0.3 is 0 Å². The Balaban J connectivity index is 2.00. The minimum atomic E-state index is -4.27. The third-order valence-electron chi connectivity index (χ3n) is 6.02. The Morgan fingerprint density at radius 2 is 1.62 bits per heavy atom. The van der Waals surface area contributed by atoms with Crippen LogP contribution in [0.2, 0.25) is 5.02 Å². The fourth-order valence-corrected chi connectivity index (χ4v) is 5.32. The Bertz CT molecular complexity index is 1370. The van der Waals surface area contributed by atoms with Gasteiger partial charge in [0.1, 0.15) is 24.2 Å². The van der Waals surface area contributed by atoms with Crippen molar-refractivity contribution >= 4 is 39.1 Å². The lowest BCUT2D eigenvalue weighted by Crippen LogP contribution is -2.51. The lowest BCUT2D eigenvalue weighted by Gasteiger charge is -2.32. The molecule has 3 rings (SSSR count). The van der Waals surface area contributed by atoms with Crippen LogP contribution in [0.5, 0.6) is 5.75 Å². The maximum Gasteiger partial charge on any atom is 0.264 e. The monoisotopic (exact) mass is 575 g/mol. The van der Waals surface area contributed by atoms with Crippen LogP contribution in [0, 0.1) is 5.82 Å². The first-order chi connectivity index (χ1) is 18.6. The molecule has 39 heavy (non-hydrogen) atoms. The van der Waals surface area contributed by atoms with Crippen LogP contribution in [0.4, 0.5) is 10.1 Å². The molecule has 0 aromatic heterocycles. The number of methoxy groups -OCH3 is 1. The zero-order valence-electron chi connectivity index (χ0n) is 21.9. The fraction of sp³-hybridized carbons (Fsp3) is 0.286. The Hall–Kier alpha value is -3.63. The van der Waals surface area contributed by atoms with Crippen molar-refractivity contribution in [1.82, 2.24) is 10.2 Å². The van der Waals surface area contributed by atoms with Crippen LogP contribution in [-0.4, -0.2) is 51.4 Å². The molecule has 0 saturated carbocycles. The molecule has 0 aliphatic rings. The van der Waals surface area contributed by atoms with E-state index in [1.54, 1.807) is 31.2 Å². The molecular formula is C28H31ClFN3O5S. The number of benzene rings is 3. The van der Waals surface area contributed by atoms with Crippen molar-refractivity contribution in [1.29, 1.82) is 0 Å². The summed E-state index contributed by atoms with van der Waals surface area (Å²) in [5, 5.41) is 3.29. The number of rotatable bonds is 12. The van der Waals surface area contributed by atoms with Gasteiger partial charge in [0.2, 0.25) is 11.8 Å². The standard InChI is InChI=1S/C28H31ClFN3O5S/c1-4-17-31-28(35)20(2)32(18-21-5-7-22(29)8-6-21)27(34)19-33(24-11-9-23(30)10-12-24)39(36,37)26-15-13-25(38-3)14-16-26/h5-16,20H,4,17-19H2,1-3H3,(H,31,35)/t20-/m1/s1. The number of nitrogens with one attached hydrogen (secondary N) is 1. The van der Waals surface area contributed by atoms with Gasteiger partial charge < -0.3 is 15.0 Å². The van der Waals surface area contributed by atoms with Crippen molar-refractivity contribution < 1.29 is 27.1 Å². The van der Waals surface area contributed by atoms with Crippen LogP contribution in [-0.2, 0) is 26.2 Å². The van der Waals surface area contributed by atoms with Crippen LogP contribution >= 0.6 is 11.6 Å². The number of carbonyl (C=O) groups excluding carboxylic acids is 2. The second kappa shape index (κ2) is 13.4. The van der Waals surface area contributed by atoms with E-state index in [-0.39, 0.29) is 23.0 Å². The Morgan fingerprint density at radius 1 is 1.00 bits per heavy atom. The van der Waals surface area contributed by atoms with Gasteiger partial charge in [-0.2, -0.15) is 0 Å². The summed E-state index contributed by atoms with van der Waals surface area (Å²) in [6.45, 7) is 3.33. The van der Waals surface area contributed by atoms with E-state index in [0.717, 1.165) is 16.4 Å². The van der Waals surface area contributed by atoms with Crippen molar-refractivity contribution in [3.05, 3.63) is 89.2 Å². The molecule has 3 aromatic rings. The molecule has 0 radical (unpaired) electrons. The molecule has 0 aliphatic carbocycles. The summed E-state index contributed by atoms with van der Waals surface area (Å²) in [6.07, 6.45) is 0.710. The highest BCUT2D eigenvalue weighted by Crippen LogP contribution is 2.26. The molecule has 11 heteroatoms. The van der Waals surface area contributed by atoms with E-state index in [9.17, 15) is 22.4 Å². The number of carbonyl (C=O) groups is 2. The molecule has 0 spiro atoms. The van der Waals surface area contributed by atoms with Gasteiger partial charge in [-0.1, -0.05) is 30.7 Å². The van der Waals surface area contributed by atoms with Crippen LogP contribution in [0.15, 0.2) is 77.7 Å². The van der Waals surface area contributed by atoms with E-state index in [2.05, 4.69) is 5.32 Å². The number of sulfonamides is 1. The number of amides is 2. The predicted molar refractivity (Wildman–Crippen MR) is 149 cm³/mol.